The molecule has 1 N–H and O–H groups in total. The molecule has 9 nitrogen and oxygen atoms in total. The van der Waals surface area contributed by atoms with E-state index in [1.54, 1.807) is 49.4 Å². The molecule has 0 fully saturated rings. The van der Waals surface area contributed by atoms with Crippen molar-refractivity contribution < 1.29 is 14.5 Å². The van der Waals surface area contributed by atoms with Crippen molar-refractivity contribution in [2.75, 3.05) is 11.9 Å². The van der Waals surface area contributed by atoms with Crippen molar-refractivity contribution >= 4 is 17.4 Å². The number of nitro groups is 1. The molecule has 0 bridgehead atoms. The predicted molar refractivity (Wildman–Crippen MR) is 100 cm³/mol. The zero-order valence-electron chi connectivity index (χ0n) is 14.8. The molecule has 140 valence electrons. The smallest absolute Gasteiger partial charge is 0.269 e. The number of carbonyl (C=O) groups excluding carboxylic acids is 1. The van der Waals surface area contributed by atoms with Crippen LogP contribution < -0.4 is 10.1 Å². The zero-order chi connectivity index (χ0) is 20.1. The Bertz CT molecular complexity index is 1070. The summed E-state index contributed by atoms with van der Waals surface area (Å²) in [5.74, 6) is 0.282. The summed E-state index contributed by atoms with van der Waals surface area (Å²) in [7, 11) is 0. The third kappa shape index (κ3) is 4.13. The summed E-state index contributed by atoms with van der Waals surface area (Å²) in [5, 5.41) is 26.8. The summed E-state index contributed by atoms with van der Waals surface area (Å²) in [6, 6.07) is 16.1. The van der Waals surface area contributed by atoms with E-state index < -0.39 is 10.8 Å². The van der Waals surface area contributed by atoms with Gasteiger partial charge in [-0.1, -0.05) is 12.1 Å². The fourth-order valence-electron chi connectivity index (χ4n) is 2.51. The lowest BCUT2D eigenvalue weighted by Crippen LogP contribution is -2.22. The van der Waals surface area contributed by atoms with Crippen molar-refractivity contribution in [3.05, 3.63) is 76.0 Å². The van der Waals surface area contributed by atoms with Crippen LogP contribution in [-0.2, 0) is 4.79 Å². The van der Waals surface area contributed by atoms with Gasteiger partial charge in [0, 0.05) is 18.2 Å². The van der Waals surface area contributed by atoms with Gasteiger partial charge in [-0.05, 0) is 31.2 Å². The lowest BCUT2D eigenvalue weighted by atomic mass is 10.2. The summed E-state index contributed by atoms with van der Waals surface area (Å²) in [6.45, 7) is 1.47. The lowest BCUT2D eigenvalue weighted by Gasteiger charge is -2.10. The van der Waals surface area contributed by atoms with E-state index in [9.17, 15) is 14.9 Å². The summed E-state index contributed by atoms with van der Waals surface area (Å²) < 4.78 is 6.89. The number of hydrogen-bond acceptors (Lipinski definition) is 6. The molecule has 3 aromatic rings. The van der Waals surface area contributed by atoms with E-state index in [-0.39, 0.29) is 12.3 Å². The minimum Gasteiger partial charge on any atom is -0.482 e. The van der Waals surface area contributed by atoms with Crippen LogP contribution in [-0.4, -0.2) is 27.2 Å². The van der Waals surface area contributed by atoms with Gasteiger partial charge in [0.1, 0.15) is 17.6 Å². The highest BCUT2D eigenvalue weighted by Crippen LogP contribution is 2.20. The topological polar surface area (TPSA) is 123 Å². The number of nitrogens with one attached hydrogen (secondary N) is 1. The van der Waals surface area contributed by atoms with E-state index in [2.05, 4.69) is 10.4 Å². The van der Waals surface area contributed by atoms with Gasteiger partial charge in [0.25, 0.3) is 11.6 Å². The van der Waals surface area contributed by atoms with Gasteiger partial charge in [-0.15, -0.1) is 0 Å². The molecule has 9 heteroatoms. The van der Waals surface area contributed by atoms with Crippen LogP contribution in [0.1, 0.15) is 11.3 Å². The number of aromatic nitrogens is 2. The highest BCUT2D eigenvalue weighted by molar-refractivity contribution is 5.91. The van der Waals surface area contributed by atoms with Gasteiger partial charge in [0.15, 0.2) is 6.61 Å². The number of benzene rings is 2. The fourth-order valence-corrected chi connectivity index (χ4v) is 2.51. The number of hydrogen-bond donors (Lipinski definition) is 1. The molecule has 1 amide bonds. The van der Waals surface area contributed by atoms with Crippen LogP contribution in [0.3, 0.4) is 0 Å². The Morgan fingerprint density at radius 3 is 2.68 bits per heavy atom. The summed E-state index contributed by atoms with van der Waals surface area (Å²) in [5.41, 5.74) is 1.51. The van der Waals surface area contributed by atoms with Crippen LogP contribution in [0.2, 0.25) is 0 Å². The largest absolute Gasteiger partial charge is 0.482 e. The molecule has 2 aromatic carbocycles. The number of para-hydroxylation sites is 1. The Kier molecular flexibility index (Phi) is 5.32. The number of carbonyl (C=O) groups is 1. The molecule has 0 aliphatic rings. The van der Waals surface area contributed by atoms with Crippen LogP contribution in [0.4, 0.5) is 11.5 Å². The number of nitrogens with zero attached hydrogens (tertiary/aromatic N) is 4. The first kappa shape index (κ1) is 18.6. The van der Waals surface area contributed by atoms with Crippen molar-refractivity contribution in [3.63, 3.8) is 0 Å². The highest BCUT2D eigenvalue weighted by Gasteiger charge is 2.13. The molecule has 3 rings (SSSR count). The third-order valence-electron chi connectivity index (χ3n) is 3.77. The summed E-state index contributed by atoms with van der Waals surface area (Å²) in [4.78, 5) is 22.6. The quantitative estimate of drug-likeness (QED) is 0.520. The fraction of sp³-hybridized carbons (Fsp3) is 0.105. The second-order valence-electron chi connectivity index (χ2n) is 5.80. The van der Waals surface area contributed by atoms with E-state index in [4.69, 9.17) is 10.00 Å². The molecule has 0 saturated heterocycles. The van der Waals surface area contributed by atoms with Crippen LogP contribution in [0, 0.1) is 28.4 Å². The SMILES string of the molecule is Cc1cc(NC(=O)COc2ccccc2C#N)n(-c2ccc([N+](=O)[O-])cc2)n1. The second-order valence-corrected chi connectivity index (χ2v) is 5.80. The van der Waals surface area contributed by atoms with Crippen molar-refractivity contribution in [1.29, 1.82) is 5.26 Å². The van der Waals surface area contributed by atoms with E-state index >= 15 is 0 Å². The monoisotopic (exact) mass is 377 g/mol. The van der Waals surface area contributed by atoms with Gasteiger partial charge in [-0.2, -0.15) is 10.4 Å². The highest BCUT2D eigenvalue weighted by atomic mass is 16.6. The van der Waals surface area contributed by atoms with Gasteiger partial charge in [-0.3, -0.25) is 14.9 Å². The number of nitriles is 1. The average Bonchev–Trinajstić information content (AvgIpc) is 3.06. The van der Waals surface area contributed by atoms with E-state index in [1.807, 2.05) is 6.07 Å². The lowest BCUT2D eigenvalue weighted by molar-refractivity contribution is -0.384. The standard InChI is InChI=1S/C19H15N5O4/c1-13-10-18(23(22-13)15-6-8-16(9-7-15)24(26)27)21-19(25)12-28-17-5-3-2-4-14(17)11-20/h2-10H,12H2,1H3,(H,21,25). The Morgan fingerprint density at radius 1 is 1.29 bits per heavy atom. The zero-order valence-corrected chi connectivity index (χ0v) is 14.8. The van der Waals surface area contributed by atoms with E-state index in [0.29, 0.717) is 28.5 Å². The van der Waals surface area contributed by atoms with Crippen LogP contribution in [0.25, 0.3) is 5.69 Å². The molecule has 0 spiro atoms. The number of amides is 1. The van der Waals surface area contributed by atoms with Crippen molar-refractivity contribution in [3.8, 4) is 17.5 Å². The van der Waals surface area contributed by atoms with Crippen molar-refractivity contribution in [2.24, 2.45) is 0 Å². The molecular weight excluding hydrogens is 362 g/mol. The number of non-ortho nitro benzene ring substituents is 1. The van der Waals surface area contributed by atoms with Gasteiger partial charge in [-0.25, -0.2) is 4.68 Å². The molecule has 0 radical (unpaired) electrons. The number of aryl methyl sites for hydroxylation is 1. The molecule has 1 heterocycles. The first-order valence-corrected chi connectivity index (χ1v) is 8.21. The summed E-state index contributed by atoms with van der Waals surface area (Å²) >= 11 is 0. The number of rotatable bonds is 6. The maximum Gasteiger partial charge on any atom is 0.269 e. The average molecular weight is 377 g/mol. The molecule has 0 unspecified atom stereocenters. The number of nitro benzene ring substituents is 1. The minimum absolute atomic E-state index is 0.0391. The van der Waals surface area contributed by atoms with Crippen LogP contribution >= 0.6 is 0 Å². The first-order valence-electron chi connectivity index (χ1n) is 8.21. The summed E-state index contributed by atoms with van der Waals surface area (Å²) in [6.07, 6.45) is 0. The molecule has 0 saturated carbocycles. The van der Waals surface area contributed by atoms with Crippen LogP contribution in [0.15, 0.2) is 54.6 Å². The van der Waals surface area contributed by atoms with E-state index in [0.717, 1.165) is 0 Å². The van der Waals surface area contributed by atoms with Gasteiger partial charge >= 0.3 is 0 Å². The van der Waals surface area contributed by atoms with Gasteiger partial charge in [0.05, 0.1) is 21.9 Å². The normalized spacial score (nSPS) is 10.1. The number of anilines is 1. The molecule has 0 atom stereocenters. The maximum atomic E-state index is 12.3. The Hall–Kier alpha value is -4.19. The maximum absolute atomic E-state index is 12.3. The Balaban J connectivity index is 1.73. The minimum atomic E-state index is -0.489. The number of ether oxygens (including phenoxy) is 1. The third-order valence-corrected chi connectivity index (χ3v) is 3.77. The molecule has 28 heavy (non-hydrogen) atoms. The van der Waals surface area contributed by atoms with Gasteiger partial charge in [0.2, 0.25) is 0 Å². The molecule has 1 aromatic heterocycles. The molecule has 0 aliphatic carbocycles. The van der Waals surface area contributed by atoms with Crippen molar-refractivity contribution in [2.45, 2.75) is 6.92 Å². The predicted octanol–water partition coefficient (Wildman–Crippen LogP) is 2.98. The Morgan fingerprint density at radius 2 is 2.00 bits per heavy atom. The van der Waals surface area contributed by atoms with Crippen molar-refractivity contribution in [1.82, 2.24) is 9.78 Å². The van der Waals surface area contributed by atoms with Crippen LogP contribution in [0.5, 0.6) is 5.75 Å². The molecule has 0 aliphatic heterocycles. The van der Waals surface area contributed by atoms with E-state index in [1.165, 1.54) is 16.8 Å². The molecular formula is C19H15N5O4. The van der Waals surface area contributed by atoms with Gasteiger partial charge < -0.3 is 10.1 Å². The second kappa shape index (κ2) is 8.01. The Labute approximate surface area is 159 Å². The first-order chi connectivity index (χ1) is 13.5.